The first-order valence-corrected chi connectivity index (χ1v) is 20.8. The zero-order valence-electron chi connectivity index (χ0n) is 30.7. The third kappa shape index (κ3) is 4.84. The third-order valence-corrected chi connectivity index (χ3v) is 14.2. The zero-order chi connectivity index (χ0) is 36.6. The average molecular weight is 764 g/mol. The summed E-state index contributed by atoms with van der Waals surface area (Å²) in [6, 6.07) is 68.0. The molecule has 0 nitrogen and oxygen atoms in total. The molecule has 0 fully saturated rings. The van der Waals surface area contributed by atoms with Gasteiger partial charge in [-0.3, -0.25) is 0 Å². The number of rotatable bonds is 4. The van der Waals surface area contributed by atoms with E-state index in [0.29, 0.717) is 0 Å². The first kappa shape index (κ1) is 32.2. The molecule has 0 radical (unpaired) electrons. The monoisotopic (exact) mass is 764 g/mol. The van der Waals surface area contributed by atoms with Crippen LogP contribution in [0.5, 0.6) is 0 Å². The van der Waals surface area contributed by atoms with Gasteiger partial charge < -0.3 is 0 Å². The van der Waals surface area contributed by atoms with Crippen molar-refractivity contribution in [1.29, 1.82) is 0 Å². The van der Waals surface area contributed by atoms with Crippen molar-refractivity contribution in [3.05, 3.63) is 193 Å². The maximum atomic E-state index is 2.39. The van der Waals surface area contributed by atoms with Gasteiger partial charge >= 0.3 is 328 Å². The summed E-state index contributed by atoms with van der Waals surface area (Å²) >= 11 is 0.125. The molecule has 55 heavy (non-hydrogen) atoms. The van der Waals surface area contributed by atoms with Crippen LogP contribution in [-0.4, -0.2) is 14.5 Å². The van der Waals surface area contributed by atoms with Crippen LogP contribution in [0.4, 0.5) is 0 Å². The van der Waals surface area contributed by atoms with Gasteiger partial charge in [-0.2, -0.15) is 0 Å². The van der Waals surface area contributed by atoms with E-state index >= 15 is 0 Å². The van der Waals surface area contributed by atoms with Crippen LogP contribution in [0, 0.1) is 13.8 Å². The Morgan fingerprint density at radius 2 is 0.691 bits per heavy atom. The van der Waals surface area contributed by atoms with Crippen LogP contribution in [0.1, 0.15) is 11.1 Å². The molecule has 1 heteroatoms. The molecule has 0 N–H and O–H groups in total. The summed E-state index contributed by atoms with van der Waals surface area (Å²) in [6.07, 6.45) is 0. The summed E-state index contributed by atoms with van der Waals surface area (Å²) in [5.74, 6) is 0. The molecule has 1 aromatic heterocycles. The number of benzene rings is 10. The molecule has 0 aliphatic carbocycles. The molecule has 0 amide bonds. The Morgan fingerprint density at radius 1 is 0.291 bits per heavy atom. The third-order valence-electron chi connectivity index (χ3n) is 11.7. The number of hydrogen-bond acceptors (Lipinski definition) is 0. The summed E-state index contributed by atoms with van der Waals surface area (Å²) in [5, 5.41) is 13.2. The topological polar surface area (TPSA) is 0 Å². The van der Waals surface area contributed by atoms with Crippen molar-refractivity contribution in [3.63, 3.8) is 0 Å². The van der Waals surface area contributed by atoms with E-state index in [4.69, 9.17) is 0 Å². The summed E-state index contributed by atoms with van der Waals surface area (Å²) in [5.41, 5.74) is 13.2. The van der Waals surface area contributed by atoms with Gasteiger partial charge in [0.2, 0.25) is 0 Å². The Morgan fingerprint density at radius 3 is 1.24 bits per heavy atom. The Labute approximate surface area is 326 Å². The van der Waals surface area contributed by atoms with Crippen LogP contribution >= 0.6 is 0 Å². The number of hydrogen-bond donors (Lipinski definition) is 0. The quantitative estimate of drug-likeness (QED) is 0.124. The van der Waals surface area contributed by atoms with Crippen molar-refractivity contribution in [3.8, 4) is 44.5 Å². The first-order chi connectivity index (χ1) is 27.2. The summed E-state index contributed by atoms with van der Waals surface area (Å²) in [7, 11) is 0. The molecule has 258 valence electrons. The Hall–Kier alpha value is -6.24. The Kier molecular flexibility index (Phi) is 7.42. The predicted molar refractivity (Wildman–Crippen MR) is 240 cm³/mol. The van der Waals surface area contributed by atoms with E-state index in [2.05, 4.69) is 196 Å². The van der Waals surface area contributed by atoms with E-state index < -0.39 is 0 Å². The van der Waals surface area contributed by atoms with Gasteiger partial charge in [0, 0.05) is 0 Å². The van der Waals surface area contributed by atoms with Gasteiger partial charge in [-0.05, 0) is 0 Å². The summed E-state index contributed by atoms with van der Waals surface area (Å²) in [6.45, 7) is 4.51. The van der Waals surface area contributed by atoms with E-state index in [1.807, 2.05) is 0 Å². The molecule has 0 saturated carbocycles. The van der Waals surface area contributed by atoms with Crippen molar-refractivity contribution in [2.45, 2.75) is 13.8 Å². The molecule has 11 aromatic rings. The van der Waals surface area contributed by atoms with Crippen LogP contribution in [-0.2, 0) is 0 Å². The van der Waals surface area contributed by atoms with E-state index in [9.17, 15) is 0 Å². The van der Waals surface area contributed by atoms with Crippen LogP contribution in [0.2, 0.25) is 0 Å². The van der Waals surface area contributed by atoms with Crippen molar-refractivity contribution >= 4 is 76.9 Å². The van der Waals surface area contributed by atoms with Gasteiger partial charge in [0.05, 0.1) is 0 Å². The summed E-state index contributed by atoms with van der Waals surface area (Å²) in [4.78, 5) is 0. The molecule has 0 aliphatic heterocycles. The van der Waals surface area contributed by atoms with Crippen molar-refractivity contribution < 1.29 is 0 Å². The van der Waals surface area contributed by atoms with Crippen molar-refractivity contribution in [1.82, 2.24) is 0 Å². The van der Waals surface area contributed by atoms with Crippen molar-refractivity contribution in [2.24, 2.45) is 0 Å². The fourth-order valence-corrected chi connectivity index (χ4v) is 12.1. The van der Waals surface area contributed by atoms with Gasteiger partial charge in [0.15, 0.2) is 0 Å². The SMILES string of the molecule is Cc1cccc(C)c1-c1c2ccccc2c(-c2cccc3c2[se]c2cccc(-c4c5ccccc5c(-c5ccccc5)c5ccccc45)c23)c2ccccc12. The molecule has 1 heterocycles. The van der Waals surface area contributed by atoms with Crippen LogP contribution in [0.25, 0.3) is 107 Å². The molecule has 0 unspecified atom stereocenters. The van der Waals surface area contributed by atoms with Gasteiger partial charge in [0.1, 0.15) is 0 Å². The number of aryl methyl sites for hydroxylation is 2. The second-order valence-electron chi connectivity index (χ2n) is 14.8. The molecule has 0 atom stereocenters. The van der Waals surface area contributed by atoms with E-state index in [0.717, 1.165) is 0 Å². The minimum atomic E-state index is 0.125. The second kappa shape index (κ2) is 12.7. The van der Waals surface area contributed by atoms with Crippen LogP contribution in [0.3, 0.4) is 0 Å². The number of fused-ring (bicyclic) bond motifs is 7. The average Bonchev–Trinajstić information content (AvgIpc) is 3.62. The second-order valence-corrected chi connectivity index (χ2v) is 17.0. The van der Waals surface area contributed by atoms with Gasteiger partial charge in [-0.1, -0.05) is 0 Å². The molecule has 10 aromatic carbocycles. The summed E-state index contributed by atoms with van der Waals surface area (Å²) < 4.78 is 2.93. The fraction of sp³-hybridized carbons (Fsp3) is 0.0370. The van der Waals surface area contributed by atoms with E-state index in [-0.39, 0.29) is 14.5 Å². The Bertz CT molecular complexity index is 3190. The van der Waals surface area contributed by atoms with Crippen molar-refractivity contribution in [2.75, 3.05) is 0 Å². The molecular formula is C54H36Se. The normalized spacial score (nSPS) is 11.8. The van der Waals surface area contributed by atoms with E-state index in [1.54, 1.807) is 0 Å². The first-order valence-electron chi connectivity index (χ1n) is 19.1. The van der Waals surface area contributed by atoms with Crippen LogP contribution in [0.15, 0.2) is 182 Å². The molecular weight excluding hydrogens is 728 g/mol. The Balaban J connectivity index is 1.24. The fourth-order valence-electron chi connectivity index (χ4n) is 9.48. The van der Waals surface area contributed by atoms with Crippen LogP contribution < -0.4 is 0 Å². The van der Waals surface area contributed by atoms with E-state index in [1.165, 1.54) is 118 Å². The molecule has 11 rings (SSSR count). The van der Waals surface area contributed by atoms with Gasteiger partial charge in [-0.15, -0.1) is 0 Å². The minimum absolute atomic E-state index is 0.125. The zero-order valence-corrected chi connectivity index (χ0v) is 32.4. The van der Waals surface area contributed by atoms with Gasteiger partial charge in [0.25, 0.3) is 0 Å². The predicted octanol–water partition coefficient (Wildman–Crippen LogP) is 14.9. The molecule has 0 aliphatic rings. The maximum absolute atomic E-state index is 2.39. The molecule has 0 bridgehead atoms. The van der Waals surface area contributed by atoms with Gasteiger partial charge in [-0.25, -0.2) is 0 Å². The standard InChI is InChI=1S/C54H36Se/c1-33-17-14-18-34(2)48(33)53-42-27-12-10-25-40(42)51(41-26-11-13-28-43(41)53)45-30-15-31-46-52-44(29-16-32-47(52)55-54(45)46)50-38-23-8-6-21-36(38)49(35-19-4-3-5-20-35)37-22-7-9-24-39(37)50/h3-32H,1-2H3. The molecule has 0 saturated heterocycles. The molecule has 0 spiro atoms.